The summed E-state index contributed by atoms with van der Waals surface area (Å²) < 4.78 is 5.51. The zero-order valence-electron chi connectivity index (χ0n) is 13.3. The van der Waals surface area contributed by atoms with Gasteiger partial charge in [-0.3, -0.25) is 0 Å². The molecule has 2 atom stereocenters. The summed E-state index contributed by atoms with van der Waals surface area (Å²) in [6.45, 7) is 5.61. The normalized spacial score (nSPS) is 31.2. The largest absolute Gasteiger partial charge is 0.444 e. The molecular weight excluding hydrogens is 282 g/mol. The van der Waals surface area contributed by atoms with Crippen molar-refractivity contribution in [1.29, 1.82) is 0 Å². The van der Waals surface area contributed by atoms with Crippen LogP contribution in [-0.2, 0) is 10.3 Å². The molecule has 3 rings (SSSR count). The maximum Gasteiger partial charge on any atom is 0.410 e. The summed E-state index contributed by atoms with van der Waals surface area (Å²) in [5.74, 6) is 0. The summed E-state index contributed by atoms with van der Waals surface area (Å²) in [6.07, 6.45) is 7.33. The third-order valence-corrected chi connectivity index (χ3v) is 4.47. The minimum atomic E-state index is -0.953. The molecule has 0 aliphatic carbocycles. The van der Waals surface area contributed by atoms with E-state index in [1.165, 1.54) is 6.33 Å². The SMILES string of the molecule is CC(C)(C)OC(=O)N1C2CCC1CC(O)(c1cncnc1)C2. The number of rotatable bonds is 1. The lowest BCUT2D eigenvalue weighted by Crippen LogP contribution is -2.53. The van der Waals surface area contributed by atoms with Crippen molar-refractivity contribution >= 4 is 6.09 Å². The highest BCUT2D eigenvalue weighted by molar-refractivity contribution is 5.69. The van der Waals surface area contributed by atoms with Crippen LogP contribution in [0.4, 0.5) is 4.79 Å². The third-order valence-electron chi connectivity index (χ3n) is 4.47. The van der Waals surface area contributed by atoms with E-state index in [2.05, 4.69) is 9.97 Å². The Bertz CT molecular complexity index is 542. The fourth-order valence-corrected chi connectivity index (χ4v) is 3.61. The number of nitrogens with zero attached hydrogens (tertiary/aromatic N) is 3. The Labute approximate surface area is 130 Å². The topological polar surface area (TPSA) is 75.5 Å². The lowest BCUT2D eigenvalue weighted by molar-refractivity contribution is -0.0627. The van der Waals surface area contributed by atoms with Gasteiger partial charge in [0.1, 0.15) is 11.9 Å². The Morgan fingerprint density at radius 1 is 1.27 bits per heavy atom. The second-order valence-corrected chi connectivity index (χ2v) is 7.34. The summed E-state index contributed by atoms with van der Waals surface area (Å²) in [6, 6.07) is 0.0256. The molecule has 2 bridgehead atoms. The van der Waals surface area contributed by atoms with Crippen molar-refractivity contribution in [2.24, 2.45) is 0 Å². The van der Waals surface area contributed by atoms with E-state index in [1.807, 2.05) is 25.7 Å². The van der Waals surface area contributed by atoms with Gasteiger partial charge in [-0.25, -0.2) is 14.8 Å². The minimum absolute atomic E-state index is 0.0128. The predicted molar refractivity (Wildman–Crippen MR) is 80.0 cm³/mol. The van der Waals surface area contributed by atoms with Gasteiger partial charge in [0.05, 0.1) is 5.60 Å². The summed E-state index contributed by atoms with van der Waals surface area (Å²) in [5.41, 5.74) is -0.723. The Balaban J connectivity index is 1.78. The number of aliphatic hydroxyl groups is 1. The van der Waals surface area contributed by atoms with Gasteiger partial charge in [-0.1, -0.05) is 0 Å². The van der Waals surface area contributed by atoms with Crippen LogP contribution in [0.15, 0.2) is 18.7 Å². The molecule has 0 saturated carbocycles. The van der Waals surface area contributed by atoms with Crippen LogP contribution < -0.4 is 0 Å². The third kappa shape index (κ3) is 2.79. The number of carbonyl (C=O) groups excluding carboxylic acids is 1. The van der Waals surface area contributed by atoms with Crippen LogP contribution in [-0.4, -0.2) is 43.8 Å². The monoisotopic (exact) mass is 305 g/mol. The molecule has 6 nitrogen and oxygen atoms in total. The van der Waals surface area contributed by atoms with E-state index in [4.69, 9.17) is 4.74 Å². The van der Waals surface area contributed by atoms with Crippen molar-refractivity contribution in [2.45, 2.75) is 69.7 Å². The highest BCUT2D eigenvalue weighted by Gasteiger charge is 2.51. The maximum atomic E-state index is 12.4. The Hall–Kier alpha value is -1.69. The highest BCUT2D eigenvalue weighted by atomic mass is 16.6. The molecular formula is C16H23N3O3. The molecule has 2 saturated heterocycles. The van der Waals surface area contributed by atoms with E-state index in [0.29, 0.717) is 12.8 Å². The van der Waals surface area contributed by atoms with Gasteiger partial charge in [-0.05, 0) is 33.6 Å². The number of aromatic nitrogens is 2. The number of hydrogen-bond acceptors (Lipinski definition) is 5. The first-order chi connectivity index (χ1) is 10.3. The maximum absolute atomic E-state index is 12.4. The molecule has 6 heteroatoms. The van der Waals surface area contributed by atoms with E-state index >= 15 is 0 Å². The highest BCUT2D eigenvalue weighted by Crippen LogP contribution is 2.45. The summed E-state index contributed by atoms with van der Waals surface area (Å²) in [5, 5.41) is 11.0. The van der Waals surface area contributed by atoms with Crippen LogP contribution in [0.1, 0.15) is 52.0 Å². The number of carbonyl (C=O) groups is 1. The summed E-state index contributed by atoms with van der Waals surface area (Å²) in [4.78, 5) is 22.2. The van der Waals surface area contributed by atoms with Gasteiger partial charge in [0.25, 0.3) is 0 Å². The fraction of sp³-hybridized carbons (Fsp3) is 0.688. The molecule has 1 amide bonds. The number of amides is 1. The van der Waals surface area contributed by atoms with Crippen LogP contribution in [0.5, 0.6) is 0 Å². The van der Waals surface area contributed by atoms with Crippen LogP contribution in [0.2, 0.25) is 0 Å². The van der Waals surface area contributed by atoms with Crippen LogP contribution in [0, 0.1) is 0 Å². The molecule has 0 aromatic carbocycles. The van der Waals surface area contributed by atoms with E-state index < -0.39 is 11.2 Å². The quantitative estimate of drug-likeness (QED) is 0.861. The van der Waals surface area contributed by atoms with Crippen molar-refractivity contribution in [3.63, 3.8) is 0 Å². The molecule has 0 spiro atoms. The summed E-state index contributed by atoms with van der Waals surface area (Å²) >= 11 is 0. The second kappa shape index (κ2) is 5.19. The van der Waals surface area contributed by atoms with Crippen molar-refractivity contribution in [3.05, 3.63) is 24.3 Å². The molecule has 2 unspecified atom stereocenters. The van der Waals surface area contributed by atoms with Crippen LogP contribution in [0.3, 0.4) is 0 Å². The standard InChI is InChI=1S/C16H23N3O3/c1-15(2,3)22-14(20)19-12-4-5-13(19)7-16(21,6-12)11-8-17-10-18-9-11/h8-10,12-13,21H,4-7H2,1-3H3. The van der Waals surface area contributed by atoms with E-state index in [1.54, 1.807) is 12.4 Å². The Morgan fingerprint density at radius 2 is 1.82 bits per heavy atom. The van der Waals surface area contributed by atoms with Gasteiger partial charge in [-0.15, -0.1) is 0 Å². The van der Waals surface area contributed by atoms with Gasteiger partial charge in [0.2, 0.25) is 0 Å². The molecule has 2 fully saturated rings. The van der Waals surface area contributed by atoms with E-state index in [9.17, 15) is 9.90 Å². The Morgan fingerprint density at radius 3 is 2.32 bits per heavy atom. The van der Waals surface area contributed by atoms with Crippen LogP contribution in [0.25, 0.3) is 0 Å². The molecule has 0 radical (unpaired) electrons. The zero-order chi connectivity index (χ0) is 16.0. The zero-order valence-corrected chi connectivity index (χ0v) is 13.3. The van der Waals surface area contributed by atoms with Gasteiger partial charge in [0.15, 0.2) is 0 Å². The first-order valence-electron chi connectivity index (χ1n) is 7.78. The van der Waals surface area contributed by atoms with Crippen molar-refractivity contribution in [1.82, 2.24) is 14.9 Å². The number of piperidine rings is 1. The molecule has 22 heavy (non-hydrogen) atoms. The molecule has 1 aromatic rings. The van der Waals surface area contributed by atoms with Gasteiger partial charge in [0, 0.05) is 42.9 Å². The first kappa shape index (κ1) is 15.2. The number of ether oxygens (including phenoxy) is 1. The predicted octanol–water partition coefficient (Wildman–Crippen LogP) is 2.23. The van der Waals surface area contributed by atoms with E-state index in [-0.39, 0.29) is 18.2 Å². The van der Waals surface area contributed by atoms with Crippen molar-refractivity contribution < 1.29 is 14.6 Å². The second-order valence-electron chi connectivity index (χ2n) is 7.34. The molecule has 1 aromatic heterocycles. The summed E-state index contributed by atoms with van der Waals surface area (Å²) in [7, 11) is 0. The molecule has 3 heterocycles. The number of hydrogen-bond donors (Lipinski definition) is 1. The lowest BCUT2D eigenvalue weighted by atomic mass is 9.82. The van der Waals surface area contributed by atoms with Crippen molar-refractivity contribution in [3.8, 4) is 0 Å². The Kier molecular flexibility index (Phi) is 3.59. The van der Waals surface area contributed by atoms with E-state index in [0.717, 1.165) is 18.4 Å². The smallest absolute Gasteiger partial charge is 0.410 e. The average Bonchev–Trinajstić information content (AvgIpc) is 2.71. The van der Waals surface area contributed by atoms with Crippen molar-refractivity contribution in [2.75, 3.05) is 0 Å². The minimum Gasteiger partial charge on any atom is -0.444 e. The van der Waals surface area contributed by atoms with Crippen LogP contribution >= 0.6 is 0 Å². The molecule has 1 N–H and O–H groups in total. The van der Waals surface area contributed by atoms with Gasteiger partial charge < -0.3 is 14.7 Å². The average molecular weight is 305 g/mol. The molecule has 2 aliphatic heterocycles. The number of fused-ring (bicyclic) bond motifs is 2. The fourth-order valence-electron chi connectivity index (χ4n) is 3.61. The molecule has 120 valence electrons. The van der Waals surface area contributed by atoms with Gasteiger partial charge in [-0.2, -0.15) is 0 Å². The first-order valence-corrected chi connectivity index (χ1v) is 7.78. The lowest BCUT2D eigenvalue weighted by Gasteiger charge is -2.43. The molecule has 2 aliphatic rings. The van der Waals surface area contributed by atoms with Gasteiger partial charge >= 0.3 is 6.09 Å².